The molecule has 104 valence electrons. The van der Waals surface area contributed by atoms with Crippen molar-refractivity contribution in [1.29, 1.82) is 0 Å². The van der Waals surface area contributed by atoms with Crippen LogP contribution >= 0.6 is 11.3 Å². The minimum atomic E-state index is -1.13. The molecule has 0 saturated carbocycles. The minimum Gasteiger partial charge on any atom is -0.478 e. The van der Waals surface area contributed by atoms with Crippen molar-refractivity contribution in [3.05, 3.63) is 50.3 Å². The molecule has 0 aromatic carbocycles. The number of nitrogens with one attached hydrogen (secondary N) is 2. The second-order valence-electron chi connectivity index (χ2n) is 4.26. The van der Waals surface area contributed by atoms with E-state index in [9.17, 15) is 14.4 Å². The number of hydrogen-bond acceptors (Lipinski definition) is 4. The second-order valence-corrected chi connectivity index (χ2v) is 5.18. The topological polar surface area (TPSA) is 99.3 Å². The van der Waals surface area contributed by atoms with Crippen LogP contribution in [0.3, 0.4) is 0 Å². The molecule has 0 unspecified atom stereocenters. The molecule has 0 bridgehead atoms. The third kappa shape index (κ3) is 2.62. The quantitative estimate of drug-likeness (QED) is 0.805. The Bertz CT molecular complexity index is 745. The molecule has 6 nitrogen and oxygen atoms in total. The fraction of sp³-hybridized carbons (Fsp3) is 0.154. The maximum atomic E-state index is 12.1. The van der Waals surface area contributed by atoms with Gasteiger partial charge in [0.15, 0.2) is 0 Å². The number of carboxylic acids is 1. The summed E-state index contributed by atoms with van der Waals surface area (Å²) in [5, 5.41) is 13.2. The molecule has 0 aliphatic carbocycles. The molecule has 0 fully saturated rings. The van der Waals surface area contributed by atoms with Crippen LogP contribution in [0.4, 0.5) is 5.00 Å². The van der Waals surface area contributed by atoms with E-state index in [1.165, 1.54) is 6.07 Å². The van der Waals surface area contributed by atoms with E-state index in [4.69, 9.17) is 5.11 Å². The molecule has 0 aliphatic heterocycles. The van der Waals surface area contributed by atoms with Gasteiger partial charge < -0.3 is 15.4 Å². The SMILES string of the molecule is Cc1cc(C)c(C(=O)Nc2sccc2C(=O)O)c(=O)[nH]1. The molecule has 2 aromatic heterocycles. The summed E-state index contributed by atoms with van der Waals surface area (Å²) in [5.74, 6) is -1.75. The summed E-state index contributed by atoms with van der Waals surface area (Å²) in [5.41, 5.74) is 0.696. The fourth-order valence-corrected chi connectivity index (χ4v) is 2.65. The number of carbonyl (C=O) groups is 2. The van der Waals surface area contributed by atoms with Crippen LogP contribution in [0.25, 0.3) is 0 Å². The summed E-state index contributed by atoms with van der Waals surface area (Å²) in [6.07, 6.45) is 0. The highest BCUT2D eigenvalue weighted by Gasteiger charge is 2.18. The smallest absolute Gasteiger partial charge is 0.338 e. The number of carbonyl (C=O) groups excluding carboxylic acids is 1. The number of hydrogen-bond donors (Lipinski definition) is 3. The van der Waals surface area contributed by atoms with Gasteiger partial charge in [-0.1, -0.05) is 0 Å². The number of carboxylic acid groups (broad SMARTS) is 1. The van der Waals surface area contributed by atoms with Crippen LogP contribution in [0.5, 0.6) is 0 Å². The maximum absolute atomic E-state index is 12.1. The summed E-state index contributed by atoms with van der Waals surface area (Å²) >= 11 is 1.09. The average Bonchev–Trinajstić information content (AvgIpc) is 2.75. The van der Waals surface area contributed by atoms with Gasteiger partial charge in [-0.15, -0.1) is 11.3 Å². The molecule has 2 aromatic rings. The van der Waals surface area contributed by atoms with Gasteiger partial charge in [-0.2, -0.15) is 0 Å². The van der Waals surface area contributed by atoms with Gasteiger partial charge in [0, 0.05) is 5.69 Å². The molecule has 20 heavy (non-hydrogen) atoms. The first-order chi connectivity index (χ1) is 9.40. The number of aryl methyl sites for hydroxylation is 2. The lowest BCUT2D eigenvalue weighted by atomic mass is 10.1. The first-order valence-corrected chi connectivity index (χ1v) is 6.60. The number of amides is 1. The van der Waals surface area contributed by atoms with Crippen LogP contribution in [0.1, 0.15) is 32.0 Å². The Morgan fingerprint density at radius 1 is 1.35 bits per heavy atom. The Morgan fingerprint density at radius 2 is 2.05 bits per heavy atom. The standard InChI is InChI=1S/C13H12N2O4S/c1-6-5-7(2)14-10(16)9(6)11(17)15-12-8(13(18)19)3-4-20-12/h3-5H,1-2H3,(H,14,16)(H,15,17)(H,18,19). The lowest BCUT2D eigenvalue weighted by molar-refractivity contribution is 0.0698. The molecule has 1 amide bonds. The van der Waals surface area contributed by atoms with Crippen molar-refractivity contribution >= 4 is 28.2 Å². The lowest BCUT2D eigenvalue weighted by Gasteiger charge is -2.07. The molecule has 0 saturated heterocycles. The van der Waals surface area contributed by atoms with Gasteiger partial charge in [-0.25, -0.2) is 4.79 Å². The van der Waals surface area contributed by atoms with Gasteiger partial charge in [0.1, 0.15) is 10.6 Å². The fourth-order valence-electron chi connectivity index (χ4n) is 1.88. The third-order valence-corrected chi connectivity index (χ3v) is 3.54. The van der Waals surface area contributed by atoms with Crippen LogP contribution in [0.2, 0.25) is 0 Å². The molecule has 7 heteroatoms. The van der Waals surface area contributed by atoms with Crippen molar-refractivity contribution in [2.24, 2.45) is 0 Å². The Kier molecular flexibility index (Phi) is 3.71. The highest BCUT2D eigenvalue weighted by Crippen LogP contribution is 2.23. The zero-order chi connectivity index (χ0) is 14.9. The van der Waals surface area contributed by atoms with Crippen molar-refractivity contribution in [2.45, 2.75) is 13.8 Å². The van der Waals surface area contributed by atoms with E-state index >= 15 is 0 Å². The first kappa shape index (κ1) is 14.0. The number of aromatic carboxylic acids is 1. The maximum Gasteiger partial charge on any atom is 0.338 e. The van der Waals surface area contributed by atoms with Crippen LogP contribution in [0.15, 0.2) is 22.3 Å². The van der Waals surface area contributed by atoms with E-state index in [0.29, 0.717) is 11.3 Å². The predicted molar refractivity (Wildman–Crippen MR) is 75.8 cm³/mol. The van der Waals surface area contributed by atoms with Gasteiger partial charge in [-0.05, 0) is 36.9 Å². The lowest BCUT2D eigenvalue weighted by Crippen LogP contribution is -2.25. The molecule has 0 atom stereocenters. The van der Waals surface area contributed by atoms with Gasteiger partial charge in [0.25, 0.3) is 11.5 Å². The molecular weight excluding hydrogens is 280 g/mol. The predicted octanol–water partition coefficient (Wildman–Crippen LogP) is 2.00. The van der Waals surface area contributed by atoms with E-state index in [0.717, 1.165) is 11.3 Å². The zero-order valence-corrected chi connectivity index (χ0v) is 11.6. The largest absolute Gasteiger partial charge is 0.478 e. The van der Waals surface area contributed by atoms with Gasteiger partial charge in [0.05, 0.1) is 5.56 Å². The van der Waals surface area contributed by atoms with E-state index in [1.54, 1.807) is 25.3 Å². The Hall–Kier alpha value is -2.41. The number of pyridine rings is 1. The van der Waals surface area contributed by atoms with Crippen LogP contribution in [-0.4, -0.2) is 22.0 Å². The van der Waals surface area contributed by atoms with Crippen molar-refractivity contribution in [3.63, 3.8) is 0 Å². The molecule has 2 rings (SSSR count). The number of thiophene rings is 1. The van der Waals surface area contributed by atoms with E-state index in [2.05, 4.69) is 10.3 Å². The summed E-state index contributed by atoms with van der Waals surface area (Å²) < 4.78 is 0. The molecule has 0 radical (unpaired) electrons. The molecule has 0 spiro atoms. The highest BCUT2D eigenvalue weighted by molar-refractivity contribution is 7.14. The monoisotopic (exact) mass is 292 g/mol. The van der Waals surface area contributed by atoms with E-state index in [1.807, 2.05) is 0 Å². The van der Waals surface area contributed by atoms with Crippen LogP contribution in [-0.2, 0) is 0 Å². The average molecular weight is 292 g/mol. The van der Waals surface area contributed by atoms with Crippen molar-refractivity contribution in [3.8, 4) is 0 Å². The normalized spacial score (nSPS) is 10.3. The van der Waals surface area contributed by atoms with Crippen molar-refractivity contribution in [1.82, 2.24) is 4.98 Å². The summed E-state index contributed by atoms with van der Waals surface area (Å²) in [7, 11) is 0. The van der Waals surface area contributed by atoms with Crippen LogP contribution < -0.4 is 10.9 Å². The Labute approximate surface area is 118 Å². The molecule has 0 aliphatic rings. The van der Waals surface area contributed by atoms with Gasteiger partial charge in [0.2, 0.25) is 0 Å². The van der Waals surface area contributed by atoms with E-state index in [-0.39, 0.29) is 16.1 Å². The third-order valence-electron chi connectivity index (χ3n) is 2.71. The Morgan fingerprint density at radius 3 is 2.65 bits per heavy atom. The zero-order valence-electron chi connectivity index (χ0n) is 10.8. The minimum absolute atomic E-state index is 0.00421. The summed E-state index contributed by atoms with van der Waals surface area (Å²) in [4.78, 5) is 37.5. The highest BCUT2D eigenvalue weighted by atomic mass is 32.1. The second kappa shape index (κ2) is 5.30. The Balaban J connectivity index is 2.36. The van der Waals surface area contributed by atoms with Crippen LogP contribution in [0, 0.1) is 13.8 Å². The summed E-state index contributed by atoms with van der Waals surface area (Å²) in [6, 6.07) is 3.08. The van der Waals surface area contributed by atoms with Crippen molar-refractivity contribution < 1.29 is 14.7 Å². The van der Waals surface area contributed by atoms with Gasteiger partial charge >= 0.3 is 5.97 Å². The number of rotatable bonds is 3. The molecule has 3 N–H and O–H groups in total. The van der Waals surface area contributed by atoms with Crippen molar-refractivity contribution in [2.75, 3.05) is 5.32 Å². The number of H-pyrrole nitrogens is 1. The molecular formula is C13H12N2O4S. The number of aromatic nitrogens is 1. The number of anilines is 1. The number of aromatic amines is 1. The van der Waals surface area contributed by atoms with E-state index < -0.39 is 17.4 Å². The summed E-state index contributed by atoms with van der Waals surface area (Å²) in [6.45, 7) is 3.38. The van der Waals surface area contributed by atoms with Gasteiger partial charge in [-0.3, -0.25) is 9.59 Å². The molecule has 2 heterocycles. The first-order valence-electron chi connectivity index (χ1n) is 5.73.